The summed E-state index contributed by atoms with van der Waals surface area (Å²) in [6, 6.07) is 18.3. The maximum atomic E-state index is 10.1. The number of phenolic OH excluding ortho intramolecular Hbond substituents is 1. The summed E-state index contributed by atoms with van der Waals surface area (Å²) in [5.41, 5.74) is 2.32. The van der Waals surface area contributed by atoms with Crippen LogP contribution in [-0.2, 0) is 6.54 Å². The van der Waals surface area contributed by atoms with Crippen LogP contribution >= 0.6 is 24.0 Å². The van der Waals surface area contributed by atoms with E-state index in [1.54, 1.807) is 6.07 Å². The van der Waals surface area contributed by atoms with Crippen molar-refractivity contribution in [2.24, 2.45) is 4.99 Å². The van der Waals surface area contributed by atoms with Crippen molar-refractivity contribution in [3.05, 3.63) is 60.2 Å². The number of anilines is 1. The third kappa shape index (κ3) is 7.22. The van der Waals surface area contributed by atoms with Crippen LogP contribution in [0, 0.1) is 0 Å². The predicted molar refractivity (Wildman–Crippen MR) is 147 cm³/mol. The molecule has 4 rings (SSSR count). The highest BCUT2D eigenvalue weighted by atomic mass is 127. The Balaban J connectivity index is 0.00000306. The Morgan fingerprint density at radius 1 is 0.848 bits per heavy atom. The van der Waals surface area contributed by atoms with Crippen LogP contribution in [0.2, 0.25) is 0 Å². The molecule has 0 unspecified atom stereocenters. The summed E-state index contributed by atoms with van der Waals surface area (Å²) in [7, 11) is 1.86. The largest absolute Gasteiger partial charge is 0.506 e. The molecule has 0 bridgehead atoms. The van der Waals surface area contributed by atoms with Gasteiger partial charge in [-0.05, 0) is 17.7 Å². The first-order chi connectivity index (χ1) is 15.7. The van der Waals surface area contributed by atoms with Gasteiger partial charge in [-0.1, -0.05) is 42.5 Å². The van der Waals surface area contributed by atoms with E-state index in [9.17, 15) is 5.11 Å². The number of hydrogen-bond donors (Lipinski definition) is 2. The van der Waals surface area contributed by atoms with Gasteiger partial charge in [-0.15, -0.1) is 24.0 Å². The van der Waals surface area contributed by atoms with E-state index in [4.69, 9.17) is 0 Å². The van der Waals surface area contributed by atoms with Gasteiger partial charge in [-0.2, -0.15) is 0 Å². The summed E-state index contributed by atoms with van der Waals surface area (Å²) in [5, 5.41) is 13.7. The Labute approximate surface area is 215 Å². The van der Waals surface area contributed by atoms with Crippen molar-refractivity contribution in [3.63, 3.8) is 0 Å². The molecule has 8 heteroatoms. The lowest BCUT2D eigenvalue weighted by Crippen LogP contribution is -2.54. The van der Waals surface area contributed by atoms with Crippen LogP contribution in [0.5, 0.6) is 5.75 Å². The highest BCUT2D eigenvalue weighted by Crippen LogP contribution is 2.27. The topological polar surface area (TPSA) is 57.6 Å². The van der Waals surface area contributed by atoms with Crippen LogP contribution in [0.25, 0.3) is 0 Å². The molecule has 2 aliphatic rings. The maximum Gasteiger partial charge on any atom is 0.193 e. The Hall–Kier alpha value is -2.04. The first kappa shape index (κ1) is 25.6. The number of halogens is 1. The summed E-state index contributed by atoms with van der Waals surface area (Å²) in [6.45, 7) is 11.0. The first-order valence-electron chi connectivity index (χ1n) is 11.7. The number of piperazine rings is 2. The molecule has 0 aliphatic carbocycles. The van der Waals surface area contributed by atoms with Crippen molar-refractivity contribution in [1.82, 2.24) is 20.0 Å². The molecule has 0 saturated carbocycles. The van der Waals surface area contributed by atoms with Crippen molar-refractivity contribution in [2.75, 3.05) is 77.4 Å². The molecule has 0 amide bonds. The highest BCUT2D eigenvalue weighted by molar-refractivity contribution is 14.0. The van der Waals surface area contributed by atoms with E-state index in [1.807, 2.05) is 25.2 Å². The summed E-state index contributed by atoms with van der Waals surface area (Å²) in [4.78, 5) is 14.1. The van der Waals surface area contributed by atoms with Gasteiger partial charge >= 0.3 is 0 Å². The molecule has 0 spiro atoms. The SMILES string of the molecule is CN=C(NCCN1CCN(Cc2ccccc2)CC1)N1CCN(c2ccccc2O)CC1.I. The van der Waals surface area contributed by atoms with Crippen molar-refractivity contribution < 1.29 is 5.11 Å². The highest BCUT2D eigenvalue weighted by Gasteiger charge is 2.22. The van der Waals surface area contributed by atoms with Crippen LogP contribution in [0.1, 0.15) is 5.56 Å². The molecule has 2 aliphatic heterocycles. The number of nitrogens with one attached hydrogen (secondary N) is 1. The third-order valence-corrected chi connectivity index (χ3v) is 6.44. The number of para-hydroxylation sites is 2. The summed E-state index contributed by atoms with van der Waals surface area (Å²) < 4.78 is 0. The number of phenols is 1. The van der Waals surface area contributed by atoms with E-state index in [-0.39, 0.29) is 24.0 Å². The van der Waals surface area contributed by atoms with E-state index in [0.29, 0.717) is 5.75 Å². The molecule has 2 saturated heterocycles. The normalized spacial score (nSPS) is 18.2. The number of nitrogens with zero attached hydrogens (tertiary/aromatic N) is 5. The minimum atomic E-state index is 0. The second-order valence-corrected chi connectivity index (χ2v) is 8.54. The van der Waals surface area contributed by atoms with E-state index in [2.05, 4.69) is 60.2 Å². The van der Waals surface area contributed by atoms with E-state index in [0.717, 1.165) is 83.6 Å². The molecule has 0 radical (unpaired) electrons. The van der Waals surface area contributed by atoms with Gasteiger partial charge in [-0.25, -0.2) is 0 Å². The van der Waals surface area contributed by atoms with E-state index >= 15 is 0 Å². The Kier molecular flexibility index (Phi) is 10.1. The number of aliphatic imine (C=N–C) groups is 1. The van der Waals surface area contributed by atoms with Gasteiger partial charge in [0.25, 0.3) is 0 Å². The zero-order chi connectivity index (χ0) is 22.2. The fraction of sp³-hybridized carbons (Fsp3) is 0.480. The molecular formula is C25H37IN6O. The van der Waals surface area contributed by atoms with Crippen LogP contribution in [0.15, 0.2) is 59.6 Å². The summed E-state index contributed by atoms with van der Waals surface area (Å²) >= 11 is 0. The standard InChI is InChI=1S/C25H36N6O.HI/c1-26-25(31-19-17-30(18-20-31)23-9-5-6-10-24(23)32)27-11-12-28-13-15-29(16-14-28)21-22-7-3-2-4-8-22;/h2-10,32H,11-21H2,1H3,(H,26,27);1H. The summed E-state index contributed by atoms with van der Waals surface area (Å²) in [5.74, 6) is 1.33. The number of rotatable bonds is 6. The Bertz CT molecular complexity index is 864. The molecule has 180 valence electrons. The Morgan fingerprint density at radius 2 is 1.48 bits per heavy atom. The van der Waals surface area contributed by atoms with Gasteiger partial charge in [-0.3, -0.25) is 14.8 Å². The zero-order valence-electron chi connectivity index (χ0n) is 19.6. The van der Waals surface area contributed by atoms with Gasteiger partial charge < -0.3 is 20.2 Å². The molecule has 2 fully saturated rings. The smallest absolute Gasteiger partial charge is 0.193 e. The molecule has 2 heterocycles. The average molecular weight is 565 g/mol. The van der Waals surface area contributed by atoms with Crippen LogP contribution in [0.4, 0.5) is 5.69 Å². The molecule has 0 aromatic heterocycles. The van der Waals surface area contributed by atoms with Crippen molar-refractivity contribution in [2.45, 2.75) is 6.54 Å². The predicted octanol–water partition coefficient (Wildman–Crippen LogP) is 2.53. The average Bonchev–Trinajstić information content (AvgIpc) is 2.84. The van der Waals surface area contributed by atoms with Gasteiger partial charge in [0.1, 0.15) is 5.75 Å². The Morgan fingerprint density at radius 3 is 2.15 bits per heavy atom. The zero-order valence-corrected chi connectivity index (χ0v) is 21.9. The number of hydrogen-bond acceptors (Lipinski definition) is 5. The molecule has 0 atom stereocenters. The molecular weight excluding hydrogens is 527 g/mol. The first-order valence-corrected chi connectivity index (χ1v) is 11.7. The lowest BCUT2D eigenvalue weighted by atomic mass is 10.2. The quantitative estimate of drug-likeness (QED) is 0.320. The van der Waals surface area contributed by atoms with Gasteiger partial charge in [0.15, 0.2) is 5.96 Å². The fourth-order valence-electron chi connectivity index (χ4n) is 4.56. The van der Waals surface area contributed by atoms with E-state index < -0.39 is 0 Å². The van der Waals surface area contributed by atoms with Crippen molar-refractivity contribution in [1.29, 1.82) is 0 Å². The van der Waals surface area contributed by atoms with Gasteiger partial charge in [0.05, 0.1) is 5.69 Å². The second kappa shape index (κ2) is 13.0. The maximum absolute atomic E-state index is 10.1. The molecule has 2 aromatic carbocycles. The minimum absolute atomic E-state index is 0. The monoisotopic (exact) mass is 564 g/mol. The number of benzene rings is 2. The van der Waals surface area contributed by atoms with Crippen molar-refractivity contribution >= 4 is 35.6 Å². The summed E-state index contributed by atoms with van der Waals surface area (Å²) in [6.07, 6.45) is 0. The van der Waals surface area contributed by atoms with Crippen LogP contribution in [0.3, 0.4) is 0 Å². The van der Waals surface area contributed by atoms with Gasteiger partial charge in [0.2, 0.25) is 0 Å². The number of aromatic hydroxyl groups is 1. The third-order valence-electron chi connectivity index (χ3n) is 6.44. The molecule has 2 N–H and O–H groups in total. The lowest BCUT2D eigenvalue weighted by Gasteiger charge is -2.38. The van der Waals surface area contributed by atoms with Crippen LogP contribution < -0.4 is 10.2 Å². The molecule has 33 heavy (non-hydrogen) atoms. The molecule has 2 aromatic rings. The van der Waals surface area contributed by atoms with Crippen LogP contribution in [-0.4, -0.2) is 98.3 Å². The lowest BCUT2D eigenvalue weighted by molar-refractivity contribution is 0.128. The number of guanidine groups is 1. The fourth-order valence-corrected chi connectivity index (χ4v) is 4.56. The van der Waals surface area contributed by atoms with Gasteiger partial charge in [0, 0.05) is 79.0 Å². The minimum Gasteiger partial charge on any atom is -0.506 e. The second-order valence-electron chi connectivity index (χ2n) is 8.54. The molecule has 7 nitrogen and oxygen atoms in total. The van der Waals surface area contributed by atoms with Crippen molar-refractivity contribution in [3.8, 4) is 5.75 Å². The van der Waals surface area contributed by atoms with E-state index in [1.165, 1.54) is 5.56 Å².